The Labute approximate surface area is 271 Å². The Kier molecular flexibility index (Phi) is 9.66. The zero-order valence-electron chi connectivity index (χ0n) is 27.4. The Morgan fingerprint density at radius 2 is 1.47 bits per heavy atom. The Balaban J connectivity index is 0.000000310. The minimum absolute atomic E-state index is 0. The molecule has 0 amide bonds. The van der Waals surface area contributed by atoms with Crippen molar-refractivity contribution in [2.75, 3.05) is 0 Å². The van der Waals surface area contributed by atoms with Gasteiger partial charge in [-0.15, -0.1) is 35.4 Å². The van der Waals surface area contributed by atoms with Crippen LogP contribution in [0.4, 0.5) is 0 Å². The first kappa shape index (κ1) is 34.4. The molecular formula is C38H45IrN2O2-. The average molecular weight is 754 g/mol. The van der Waals surface area contributed by atoms with Gasteiger partial charge >= 0.3 is 0 Å². The van der Waals surface area contributed by atoms with Crippen LogP contribution in [0.15, 0.2) is 72.8 Å². The number of carbonyl (C=O) groups excluding carboxylic acids is 1. The summed E-state index contributed by atoms with van der Waals surface area (Å²) in [5.41, 5.74) is 7.27. The van der Waals surface area contributed by atoms with E-state index in [1.807, 2.05) is 41.5 Å². The molecule has 4 aromatic rings. The Morgan fingerprint density at radius 1 is 0.860 bits per heavy atom. The van der Waals surface area contributed by atoms with Gasteiger partial charge < -0.3 is 5.11 Å². The second-order valence-corrected chi connectivity index (χ2v) is 15.0. The number of aliphatic hydroxyl groups excluding tert-OH is 1. The van der Waals surface area contributed by atoms with Gasteiger partial charge in [0, 0.05) is 42.4 Å². The van der Waals surface area contributed by atoms with Gasteiger partial charge in [-0.1, -0.05) is 100 Å². The molecule has 0 saturated heterocycles. The van der Waals surface area contributed by atoms with E-state index in [1.54, 1.807) is 6.33 Å². The number of hydrogen-bond acceptors (Lipinski definition) is 4. The van der Waals surface area contributed by atoms with Gasteiger partial charge in [0.25, 0.3) is 0 Å². The van der Waals surface area contributed by atoms with E-state index in [-0.39, 0.29) is 47.9 Å². The minimum atomic E-state index is -0.417. The minimum Gasteiger partial charge on any atom is -0.512 e. The maximum atomic E-state index is 11.5. The van der Waals surface area contributed by atoms with Crippen LogP contribution in [0, 0.1) is 16.9 Å². The van der Waals surface area contributed by atoms with Crippen molar-refractivity contribution in [2.45, 2.75) is 87.0 Å². The fraction of sp³-hybridized carbons (Fsp3) is 0.395. The molecule has 1 aromatic heterocycles. The molecule has 1 aliphatic rings. The van der Waals surface area contributed by atoms with Crippen LogP contribution in [0.1, 0.15) is 93.0 Å². The van der Waals surface area contributed by atoms with Crippen LogP contribution in [-0.4, -0.2) is 20.9 Å². The summed E-state index contributed by atoms with van der Waals surface area (Å²) >= 11 is 0. The Morgan fingerprint density at radius 3 is 1.98 bits per heavy atom. The van der Waals surface area contributed by atoms with Crippen LogP contribution in [0.3, 0.4) is 0 Å². The molecule has 0 unspecified atom stereocenters. The number of carbonyl (C=O) groups is 1. The molecule has 0 saturated carbocycles. The molecule has 4 nitrogen and oxygen atoms in total. The summed E-state index contributed by atoms with van der Waals surface area (Å²) in [4.78, 5) is 20.9. The SMILES string of the molecule is CC(C)(C)C(=O)/C=C(\O)C(C)(C)C.CC(C)(C)c1c[c-]c(-c2ncnc3c2-c2cc4ccccc4cc2C3(C)C)cc1.[Ir]. The van der Waals surface area contributed by atoms with Crippen LogP contribution in [0.25, 0.3) is 33.2 Å². The number of benzene rings is 3. The van der Waals surface area contributed by atoms with Crippen LogP contribution in [0.5, 0.6) is 0 Å². The maximum absolute atomic E-state index is 11.5. The van der Waals surface area contributed by atoms with E-state index in [2.05, 4.69) is 95.3 Å². The van der Waals surface area contributed by atoms with Gasteiger partial charge in [-0.05, 0) is 50.7 Å². The molecule has 1 radical (unpaired) electrons. The van der Waals surface area contributed by atoms with E-state index in [0.717, 1.165) is 22.5 Å². The number of fused-ring (bicyclic) bond motifs is 4. The second-order valence-electron chi connectivity index (χ2n) is 15.0. The van der Waals surface area contributed by atoms with Crippen LogP contribution in [0.2, 0.25) is 0 Å². The van der Waals surface area contributed by atoms with Gasteiger partial charge in [0.05, 0.1) is 5.69 Å². The van der Waals surface area contributed by atoms with Crippen LogP contribution < -0.4 is 0 Å². The van der Waals surface area contributed by atoms with Crippen molar-refractivity contribution < 1.29 is 30.0 Å². The first-order valence-electron chi connectivity index (χ1n) is 14.7. The first-order valence-corrected chi connectivity index (χ1v) is 14.7. The normalized spacial score (nSPS) is 14.3. The predicted molar refractivity (Wildman–Crippen MR) is 175 cm³/mol. The summed E-state index contributed by atoms with van der Waals surface area (Å²) in [6, 6.07) is 23.1. The fourth-order valence-corrected chi connectivity index (χ4v) is 5.01. The molecule has 1 aliphatic carbocycles. The smallest absolute Gasteiger partial charge is 0.164 e. The second kappa shape index (κ2) is 12.1. The topological polar surface area (TPSA) is 63.1 Å². The quantitative estimate of drug-likeness (QED) is 0.126. The van der Waals surface area contributed by atoms with E-state index in [9.17, 15) is 9.90 Å². The third kappa shape index (κ3) is 7.16. The molecular weight excluding hydrogens is 709 g/mol. The molecule has 5 rings (SSSR count). The van der Waals surface area contributed by atoms with Gasteiger partial charge in [0.15, 0.2) is 5.78 Å². The number of aromatic nitrogens is 2. The zero-order valence-corrected chi connectivity index (χ0v) is 29.8. The number of hydrogen-bond donors (Lipinski definition) is 1. The maximum Gasteiger partial charge on any atom is 0.164 e. The summed E-state index contributed by atoms with van der Waals surface area (Å²) in [6.07, 6.45) is 3.03. The van der Waals surface area contributed by atoms with E-state index < -0.39 is 5.41 Å². The molecule has 0 bridgehead atoms. The number of allylic oxidation sites excluding steroid dienone is 2. The number of ketones is 1. The van der Waals surface area contributed by atoms with Crippen molar-refractivity contribution in [3.8, 4) is 22.4 Å². The van der Waals surface area contributed by atoms with Crippen molar-refractivity contribution in [1.82, 2.24) is 9.97 Å². The monoisotopic (exact) mass is 754 g/mol. The molecule has 0 atom stereocenters. The number of rotatable bonds is 2. The van der Waals surface area contributed by atoms with Crippen molar-refractivity contribution in [3.63, 3.8) is 0 Å². The third-order valence-corrected chi connectivity index (χ3v) is 7.98. The molecule has 3 aromatic carbocycles. The zero-order chi connectivity index (χ0) is 31.3. The fourth-order valence-electron chi connectivity index (χ4n) is 5.01. The van der Waals surface area contributed by atoms with Crippen molar-refractivity contribution in [2.24, 2.45) is 10.8 Å². The molecule has 1 heterocycles. The Hall–Kier alpha value is -3.14. The molecule has 43 heavy (non-hydrogen) atoms. The van der Waals surface area contributed by atoms with Crippen molar-refractivity contribution in [3.05, 3.63) is 95.6 Å². The van der Waals surface area contributed by atoms with E-state index in [0.29, 0.717) is 0 Å². The summed E-state index contributed by atoms with van der Waals surface area (Å²) in [6.45, 7) is 22.3. The molecule has 0 aliphatic heterocycles. The predicted octanol–water partition coefficient (Wildman–Crippen LogP) is 9.79. The third-order valence-electron chi connectivity index (χ3n) is 7.98. The molecule has 229 valence electrons. The standard InChI is InChI=1S/C27H25N2.C11H20O2.Ir/c1-26(2,3)20-12-10-17(11-13-20)24-23-21-14-18-8-6-7-9-19(18)15-22(21)27(4,5)25(23)29-16-28-24;1-10(2,3)8(12)7-9(13)11(4,5)6;/h6-10,12-16H,1-5H3;7,12H,1-6H3;/q-1;;/b;8-7-;. The van der Waals surface area contributed by atoms with Crippen molar-refractivity contribution in [1.29, 1.82) is 0 Å². The van der Waals surface area contributed by atoms with Gasteiger partial charge in [-0.2, -0.15) is 0 Å². The summed E-state index contributed by atoms with van der Waals surface area (Å²) in [5, 5.41) is 12.1. The number of nitrogens with zero attached hydrogens (tertiary/aromatic N) is 2. The summed E-state index contributed by atoms with van der Waals surface area (Å²) in [5.74, 6) is 0.104. The Bertz CT molecular complexity index is 1660. The van der Waals surface area contributed by atoms with Gasteiger partial charge in [-0.25, -0.2) is 4.98 Å². The molecule has 1 N–H and O–H groups in total. The van der Waals surface area contributed by atoms with Gasteiger partial charge in [-0.3, -0.25) is 9.78 Å². The van der Waals surface area contributed by atoms with Crippen molar-refractivity contribution >= 4 is 16.6 Å². The first-order chi connectivity index (χ1) is 19.3. The summed E-state index contributed by atoms with van der Waals surface area (Å²) < 4.78 is 0. The molecule has 0 spiro atoms. The van der Waals surface area contributed by atoms with Gasteiger partial charge in [0.1, 0.15) is 12.1 Å². The van der Waals surface area contributed by atoms with Gasteiger partial charge in [0.2, 0.25) is 0 Å². The summed E-state index contributed by atoms with van der Waals surface area (Å²) in [7, 11) is 0. The number of aliphatic hydroxyl groups is 1. The molecule has 5 heteroatoms. The van der Waals surface area contributed by atoms with E-state index >= 15 is 0 Å². The van der Waals surface area contributed by atoms with E-state index in [4.69, 9.17) is 9.97 Å². The van der Waals surface area contributed by atoms with Crippen LogP contribution in [-0.2, 0) is 35.7 Å². The van der Waals surface area contributed by atoms with Crippen LogP contribution >= 0.6 is 0 Å². The largest absolute Gasteiger partial charge is 0.512 e. The molecule has 0 fully saturated rings. The van der Waals surface area contributed by atoms with E-state index in [1.165, 1.54) is 33.5 Å². The average Bonchev–Trinajstić information content (AvgIpc) is 3.12.